The molecule has 1 saturated heterocycles. The Bertz CT molecular complexity index is 1220. The van der Waals surface area contributed by atoms with Gasteiger partial charge in [0.15, 0.2) is 11.5 Å². The minimum Gasteiger partial charge on any atom is -0.493 e. The molecule has 1 fully saturated rings. The van der Waals surface area contributed by atoms with E-state index in [0.717, 1.165) is 35.0 Å². The van der Waals surface area contributed by atoms with E-state index in [1.807, 2.05) is 18.4 Å². The van der Waals surface area contributed by atoms with Gasteiger partial charge in [0.25, 0.3) is 0 Å². The zero-order valence-electron chi connectivity index (χ0n) is 19.6. The number of pyridine rings is 1. The van der Waals surface area contributed by atoms with Gasteiger partial charge in [-0.3, -0.25) is 9.78 Å². The molecule has 0 unspecified atom stereocenters. The zero-order valence-corrected chi connectivity index (χ0v) is 20.4. The number of hydrogen-bond donors (Lipinski definition) is 1. The predicted octanol–water partition coefficient (Wildman–Crippen LogP) is 4.38. The number of nitrogens with one attached hydrogen (secondary N) is 1. The molecule has 1 N–H and O–H groups in total. The fourth-order valence-electron chi connectivity index (χ4n) is 4.37. The molecule has 1 aromatic heterocycles. The third-order valence-corrected chi connectivity index (χ3v) is 7.02. The number of nitrogens with zero attached hydrogens (tertiary/aromatic N) is 3. The number of benzene rings is 2. The number of anilines is 1. The van der Waals surface area contributed by atoms with Crippen LogP contribution in [0.5, 0.6) is 11.5 Å². The number of amides is 1. The maximum atomic E-state index is 12.8. The number of carbonyl (C=O) groups is 1. The van der Waals surface area contributed by atoms with E-state index in [2.05, 4.69) is 45.5 Å². The molecule has 7 nitrogen and oxygen atoms in total. The zero-order chi connectivity index (χ0) is 24.1. The summed E-state index contributed by atoms with van der Waals surface area (Å²) in [6.45, 7) is 1.90. The van der Waals surface area contributed by atoms with Crippen molar-refractivity contribution in [2.24, 2.45) is 5.92 Å². The molecule has 2 aromatic carbocycles. The number of piperidine rings is 1. The normalized spacial score (nSPS) is 14.0. The van der Waals surface area contributed by atoms with Crippen LogP contribution in [0.2, 0.25) is 0 Å². The number of methoxy groups -OCH3 is 2. The van der Waals surface area contributed by atoms with E-state index in [9.17, 15) is 10.1 Å². The van der Waals surface area contributed by atoms with E-state index >= 15 is 0 Å². The van der Waals surface area contributed by atoms with Crippen LogP contribution in [-0.2, 0) is 11.3 Å². The number of carbonyl (C=O) groups excluding carboxylic acids is 1. The maximum Gasteiger partial charge on any atom is 0.223 e. The van der Waals surface area contributed by atoms with E-state index < -0.39 is 0 Å². The Balaban J connectivity index is 1.47. The molecular weight excluding hydrogens is 448 g/mol. The third kappa shape index (κ3) is 4.90. The average molecular weight is 477 g/mol. The summed E-state index contributed by atoms with van der Waals surface area (Å²) in [5, 5.41) is 13.7. The Morgan fingerprint density at radius 3 is 2.47 bits per heavy atom. The van der Waals surface area contributed by atoms with Crippen LogP contribution >= 0.6 is 11.8 Å². The molecule has 1 aliphatic heterocycles. The van der Waals surface area contributed by atoms with Gasteiger partial charge in [-0.2, -0.15) is 5.26 Å². The van der Waals surface area contributed by atoms with Crippen LogP contribution in [0.25, 0.3) is 10.9 Å². The molecule has 1 amide bonds. The minimum atomic E-state index is -0.0463. The number of thioether (sulfide) groups is 1. The Labute approximate surface area is 204 Å². The van der Waals surface area contributed by atoms with E-state index in [4.69, 9.17) is 9.47 Å². The van der Waals surface area contributed by atoms with Crippen molar-refractivity contribution in [1.82, 2.24) is 10.3 Å². The lowest BCUT2D eigenvalue weighted by molar-refractivity contribution is -0.125. The van der Waals surface area contributed by atoms with Crippen LogP contribution in [0.3, 0.4) is 0 Å². The van der Waals surface area contributed by atoms with E-state index in [-0.39, 0.29) is 11.8 Å². The van der Waals surface area contributed by atoms with Gasteiger partial charge >= 0.3 is 0 Å². The van der Waals surface area contributed by atoms with Crippen molar-refractivity contribution in [3.05, 3.63) is 53.7 Å². The van der Waals surface area contributed by atoms with Gasteiger partial charge in [-0.1, -0.05) is 12.1 Å². The van der Waals surface area contributed by atoms with Gasteiger partial charge < -0.3 is 19.7 Å². The minimum absolute atomic E-state index is 0.0463. The lowest BCUT2D eigenvalue weighted by Gasteiger charge is -2.34. The Morgan fingerprint density at radius 2 is 1.85 bits per heavy atom. The van der Waals surface area contributed by atoms with Gasteiger partial charge in [0.05, 0.1) is 31.0 Å². The van der Waals surface area contributed by atoms with Gasteiger partial charge in [0.2, 0.25) is 5.91 Å². The van der Waals surface area contributed by atoms with Crippen molar-refractivity contribution in [2.75, 3.05) is 38.5 Å². The summed E-state index contributed by atoms with van der Waals surface area (Å²) in [6, 6.07) is 14.2. The van der Waals surface area contributed by atoms with Crippen LogP contribution in [0.4, 0.5) is 5.69 Å². The first-order valence-electron chi connectivity index (χ1n) is 11.2. The predicted molar refractivity (Wildman–Crippen MR) is 135 cm³/mol. The van der Waals surface area contributed by atoms with E-state index in [0.29, 0.717) is 36.7 Å². The number of ether oxygens (including phenoxy) is 2. The molecule has 0 bridgehead atoms. The summed E-state index contributed by atoms with van der Waals surface area (Å²) in [7, 11) is 3.18. The van der Waals surface area contributed by atoms with E-state index in [1.165, 1.54) is 4.90 Å². The Kier molecular flexibility index (Phi) is 7.43. The molecular formula is C26H28N4O3S. The number of fused-ring (bicyclic) bond motifs is 1. The third-order valence-electron chi connectivity index (χ3n) is 6.27. The second kappa shape index (κ2) is 10.7. The molecule has 176 valence electrons. The van der Waals surface area contributed by atoms with Crippen LogP contribution in [-0.4, -0.2) is 44.5 Å². The van der Waals surface area contributed by atoms with Crippen LogP contribution in [0, 0.1) is 17.2 Å². The molecule has 0 saturated carbocycles. The quantitative estimate of drug-likeness (QED) is 0.507. The van der Waals surface area contributed by atoms with Crippen LogP contribution in [0.1, 0.15) is 24.0 Å². The van der Waals surface area contributed by atoms with Gasteiger partial charge in [-0.15, -0.1) is 11.8 Å². The number of hydrogen-bond acceptors (Lipinski definition) is 7. The van der Waals surface area contributed by atoms with Crippen molar-refractivity contribution in [1.29, 1.82) is 5.26 Å². The Hall–Kier alpha value is -3.44. The second-order valence-corrected chi connectivity index (χ2v) is 9.06. The fraction of sp³-hybridized carbons (Fsp3) is 0.346. The summed E-state index contributed by atoms with van der Waals surface area (Å²) in [5.74, 6) is 1.22. The smallest absolute Gasteiger partial charge is 0.223 e. The maximum absolute atomic E-state index is 12.8. The second-order valence-electron chi connectivity index (χ2n) is 8.18. The highest BCUT2D eigenvalue weighted by atomic mass is 32.2. The molecule has 0 spiro atoms. The van der Waals surface area contributed by atoms with Crippen molar-refractivity contribution in [2.45, 2.75) is 24.3 Å². The Morgan fingerprint density at radius 1 is 1.18 bits per heavy atom. The molecule has 0 atom stereocenters. The SMILES string of the molecule is COc1cc2ncc(C#N)c(N3CCC(C(=O)NCc4ccc(SC)cc4)CC3)c2cc1OC. The monoisotopic (exact) mass is 476 g/mol. The van der Waals surface area contributed by atoms with Gasteiger partial charge in [-0.05, 0) is 42.9 Å². The standard InChI is InChI=1S/C26H28N4O3S/c1-32-23-12-21-22(13-24(23)33-2)28-16-19(14-27)25(21)30-10-8-18(9-11-30)26(31)29-15-17-4-6-20(34-3)7-5-17/h4-7,12-13,16,18H,8-11,15H2,1-3H3,(H,29,31). The molecule has 2 heterocycles. The molecule has 3 aromatic rings. The lowest BCUT2D eigenvalue weighted by atomic mass is 9.94. The highest BCUT2D eigenvalue weighted by molar-refractivity contribution is 7.98. The molecule has 1 aliphatic rings. The molecule has 4 rings (SSSR count). The number of rotatable bonds is 7. The molecule has 8 heteroatoms. The molecule has 34 heavy (non-hydrogen) atoms. The van der Waals surface area contributed by atoms with Crippen molar-refractivity contribution >= 4 is 34.3 Å². The lowest BCUT2D eigenvalue weighted by Crippen LogP contribution is -2.40. The topological polar surface area (TPSA) is 87.5 Å². The first kappa shape index (κ1) is 23.7. The van der Waals surface area contributed by atoms with Gasteiger partial charge in [0.1, 0.15) is 6.07 Å². The summed E-state index contributed by atoms with van der Waals surface area (Å²) in [6.07, 6.45) is 5.09. The van der Waals surface area contributed by atoms with Gasteiger partial charge in [0, 0.05) is 48.1 Å². The summed E-state index contributed by atoms with van der Waals surface area (Å²) >= 11 is 1.70. The first-order chi connectivity index (χ1) is 16.6. The average Bonchev–Trinajstić information content (AvgIpc) is 2.90. The largest absolute Gasteiger partial charge is 0.493 e. The summed E-state index contributed by atoms with van der Waals surface area (Å²) in [5.41, 5.74) is 3.17. The molecule has 0 aliphatic carbocycles. The highest BCUT2D eigenvalue weighted by Crippen LogP contribution is 2.38. The fourth-order valence-corrected chi connectivity index (χ4v) is 4.78. The van der Waals surface area contributed by atoms with Crippen molar-refractivity contribution in [3.8, 4) is 17.6 Å². The summed E-state index contributed by atoms with van der Waals surface area (Å²) in [4.78, 5) is 20.6. The molecule has 0 radical (unpaired) electrons. The van der Waals surface area contributed by atoms with Crippen molar-refractivity contribution in [3.63, 3.8) is 0 Å². The number of nitriles is 1. The van der Waals surface area contributed by atoms with Gasteiger partial charge in [-0.25, -0.2) is 0 Å². The van der Waals surface area contributed by atoms with Crippen LogP contribution < -0.4 is 19.7 Å². The highest BCUT2D eigenvalue weighted by Gasteiger charge is 2.27. The number of aromatic nitrogens is 1. The van der Waals surface area contributed by atoms with Crippen LogP contribution in [0.15, 0.2) is 47.5 Å². The van der Waals surface area contributed by atoms with E-state index in [1.54, 1.807) is 32.2 Å². The summed E-state index contributed by atoms with van der Waals surface area (Å²) < 4.78 is 10.9. The van der Waals surface area contributed by atoms with Crippen molar-refractivity contribution < 1.29 is 14.3 Å². The first-order valence-corrected chi connectivity index (χ1v) is 12.4.